The van der Waals surface area contributed by atoms with Crippen LogP contribution >= 0.6 is 19.4 Å². The van der Waals surface area contributed by atoms with Crippen LogP contribution in [0.4, 0.5) is 15.4 Å². The summed E-state index contributed by atoms with van der Waals surface area (Å²) in [7, 11) is -4.66. The summed E-state index contributed by atoms with van der Waals surface area (Å²) >= 11 is 6.06. The largest absolute Gasteiger partial charge is 0.510 e. The van der Waals surface area contributed by atoms with Crippen LogP contribution < -0.4 is 11.4 Å². The van der Waals surface area contributed by atoms with E-state index in [-0.39, 0.29) is 18.1 Å². The number of anilines is 1. The molecule has 0 bridgehead atoms. The zero-order valence-electron chi connectivity index (χ0n) is 21.1. The molecule has 2 rings (SSSR count). The molecule has 0 aliphatic carbocycles. The summed E-state index contributed by atoms with van der Waals surface area (Å²) in [6.45, 7) is 3.74. The standard InChI is InChI=1S/C20H31ClN3O13P/c1-12(2)35-18(27)30-10-33-38(29,34-11-31-19(28)36-13(3)4)32-9-20(8-21)14(25)7-16(37-20)24-6-5-15(22)23-17(24)26/h5-6,12-14,16,25H,7-11H2,1-4H3,(H2,22,23,26)/t14-,16+,20+/m0/s1. The predicted molar refractivity (Wildman–Crippen MR) is 128 cm³/mol. The normalized spacial score (nSPS) is 21.5. The van der Waals surface area contributed by atoms with E-state index in [1.165, 1.54) is 12.3 Å². The molecule has 0 radical (unpaired) electrons. The number of alkyl halides is 1. The van der Waals surface area contributed by atoms with Crippen molar-refractivity contribution >= 4 is 37.6 Å². The van der Waals surface area contributed by atoms with Gasteiger partial charge < -0.3 is 34.5 Å². The summed E-state index contributed by atoms with van der Waals surface area (Å²) in [5.41, 5.74) is 3.08. The molecule has 216 valence electrons. The number of rotatable bonds is 13. The number of aromatic nitrogens is 2. The Hall–Kier alpha value is -2.46. The predicted octanol–water partition coefficient (Wildman–Crippen LogP) is 2.28. The third kappa shape index (κ3) is 9.38. The van der Waals surface area contributed by atoms with E-state index in [9.17, 15) is 24.1 Å². The maximum atomic E-state index is 13.2. The van der Waals surface area contributed by atoms with Crippen LogP contribution in [0.25, 0.3) is 0 Å². The minimum Gasteiger partial charge on any atom is -0.432 e. The van der Waals surface area contributed by atoms with Crippen molar-refractivity contribution in [2.24, 2.45) is 0 Å². The highest BCUT2D eigenvalue weighted by atomic mass is 35.5. The second-order valence-electron chi connectivity index (χ2n) is 8.40. The second kappa shape index (κ2) is 14.1. The Morgan fingerprint density at radius 3 is 2.21 bits per heavy atom. The van der Waals surface area contributed by atoms with Crippen LogP contribution in [0.15, 0.2) is 17.1 Å². The van der Waals surface area contributed by atoms with Crippen LogP contribution in [-0.2, 0) is 41.8 Å². The fourth-order valence-corrected chi connectivity index (χ4v) is 4.22. The maximum absolute atomic E-state index is 13.2. The third-order valence-corrected chi connectivity index (χ3v) is 6.44. The number of ether oxygens (including phenoxy) is 5. The van der Waals surface area contributed by atoms with E-state index in [0.717, 1.165) is 4.57 Å². The fourth-order valence-electron chi connectivity index (χ4n) is 2.94. The second-order valence-corrected chi connectivity index (χ2v) is 10.3. The van der Waals surface area contributed by atoms with Gasteiger partial charge in [-0.1, -0.05) is 0 Å². The van der Waals surface area contributed by atoms with Crippen molar-refractivity contribution in [1.82, 2.24) is 9.55 Å². The first-order valence-corrected chi connectivity index (χ1v) is 13.3. The van der Waals surface area contributed by atoms with Crippen molar-refractivity contribution in [1.29, 1.82) is 0 Å². The summed E-state index contributed by atoms with van der Waals surface area (Å²) in [5, 5.41) is 10.7. The first kappa shape index (κ1) is 31.8. The van der Waals surface area contributed by atoms with E-state index >= 15 is 0 Å². The molecule has 0 unspecified atom stereocenters. The van der Waals surface area contributed by atoms with Gasteiger partial charge in [0, 0.05) is 12.6 Å². The molecule has 0 aromatic carbocycles. The van der Waals surface area contributed by atoms with E-state index < -0.39 is 76.2 Å². The highest BCUT2D eigenvalue weighted by Crippen LogP contribution is 2.51. The van der Waals surface area contributed by atoms with Gasteiger partial charge in [0.1, 0.15) is 17.6 Å². The fraction of sp³-hybridized carbons (Fsp3) is 0.700. The van der Waals surface area contributed by atoms with Crippen molar-refractivity contribution in [2.45, 2.75) is 64.3 Å². The van der Waals surface area contributed by atoms with Gasteiger partial charge in [-0.25, -0.2) is 28.0 Å². The number of aliphatic hydroxyl groups is 1. The first-order valence-electron chi connectivity index (χ1n) is 11.3. The number of phosphoric acid groups is 1. The molecule has 1 aliphatic heterocycles. The number of carbonyl (C=O) groups excluding carboxylic acids is 2. The SMILES string of the molecule is CC(C)OC(=O)OCOP(=O)(OCOC(=O)OC(C)C)OC[C@@]1(CCl)O[C@@H](n2ccc(N)nc2=O)C[C@@H]1O. The number of aliphatic hydroxyl groups excluding tert-OH is 1. The number of phosphoric ester groups is 1. The monoisotopic (exact) mass is 587 g/mol. The van der Waals surface area contributed by atoms with Gasteiger partial charge in [0.2, 0.25) is 13.6 Å². The van der Waals surface area contributed by atoms with Crippen LogP contribution in [-0.4, -0.2) is 77.0 Å². The molecule has 3 N–H and O–H groups in total. The van der Waals surface area contributed by atoms with E-state index in [1.54, 1.807) is 27.7 Å². The van der Waals surface area contributed by atoms with Crippen LogP contribution in [0.5, 0.6) is 0 Å². The molecule has 1 aliphatic rings. The van der Waals surface area contributed by atoms with Gasteiger partial charge in [-0.05, 0) is 33.8 Å². The number of nitrogen functional groups attached to an aromatic ring is 1. The maximum Gasteiger partial charge on any atom is 0.510 e. The molecule has 18 heteroatoms. The van der Waals surface area contributed by atoms with Gasteiger partial charge in [-0.15, -0.1) is 11.6 Å². The summed E-state index contributed by atoms with van der Waals surface area (Å²) in [4.78, 5) is 39.0. The molecule has 1 fully saturated rings. The highest BCUT2D eigenvalue weighted by molar-refractivity contribution is 7.48. The van der Waals surface area contributed by atoms with Crippen molar-refractivity contribution in [3.63, 3.8) is 0 Å². The molecule has 1 saturated heterocycles. The molecule has 0 saturated carbocycles. The molecule has 3 atom stereocenters. The Morgan fingerprint density at radius 2 is 1.74 bits per heavy atom. The van der Waals surface area contributed by atoms with E-state index in [0.29, 0.717) is 0 Å². The molecule has 2 heterocycles. The van der Waals surface area contributed by atoms with E-state index in [1.807, 2.05) is 0 Å². The number of hydrogen-bond acceptors (Lipinski definition) is 15. The van der Waals surface area contributed by atoms with Crippen molar-refractivity contribution in [3.8, 4) is 0 Å². The Morgan fingerprint density at radius 1 is 1.18 bits per heavy atom. The molecule has 38 heavy (non-hydrogen) atoms. The Labute approximate surface area is 222 Å². The lowest BCUT2D eigenvalue weighted by Crippen LogP contribution is -2.46. The van der Waals surface area contributed by atoms with Gasteiger partial charge >= 0.3 is 25.8 Å². The molecule has 1 aromatic rings. The summed E-state index contributed by atoms with van der Waals surface area (Å²) in [6.07, 6.45) is -4.35. The average Bonchev–Trinajstić information content (AvgIpc) is 3.13. The molecule has 0 spiro atoms. The summed E-state index contributed by atoms with van der Waals surface area (Å²) in [6, 6.07) is 1.36. The molecular formula is C20H31ClN3O13P. The molecule has 1 aromatic heterocycles. The van der Waals surface area contributed by atoms with Gasteiger partial charge in [-0.2, -0.15) is 4.98 Å². The molecule has 0 amide bonds. The topological polar surface area (TPSA) is 206 Å². The third-order valence-electron chi connectivity index (χ3n) is 4.70. The minimum absolute atomic E-state index is 0.00837. The van der Waals surface area contributed by atoms with Crippen LogP contribution in [0.2, 0.25) is 0 Å². The lowest BCUT2D eigenvalue weighted by Gasteiger charge is -2.30. The van der Waals surface area contributed by atoms with Gasteiger partial charge in [0.25, 0.3) is 0 Å². The average molecular weight is 588 g/mol. The molecule has 16 nitrogen and oxygen atoms in total. The van der Waals surface area contributed by atoms with Crippen molar-refractivity contribution in [3.05, 3.63) is 22.7 Å². The Balaban J connectivity index is 2.11. The number of nitrogens with two attached hydrogens (primary N) is 1. The minimum atomic E-state index is -4.66. The summed E-state index contributed by atoms with van der Waals surface area (Å²) < 4.78 is 54.2. The summed E-state index contributed by atoms with van der Waals surface area (Å²) in [5.74, 6) is -0.387. The van der Waals surface area contributed by atoms with Crippen LogP contribution in [0.1, 0.15) is 40.3 Å². The lowest BCUT2D eigenvalue weighted by molar-refractivity contribution is -0.118. The Kier molecular flexibility index (Phi) is 11.8. The van der Waals surface area contributed by atoms with E-state index in [2.05, 4.69) is 14.5 Å². The zero-order valence-corrected chi connectivity index (χ0v) is 22.8. The lowest BCUT2D eigenvalue weighted by atomic mass is 10.0. The van der Waals surface area contributed by atoms with Gasteiger partial charge in [0.15, 0.2) is 0 Å². The Bertz CT molecular complexity index is 1020. The number of hydrogen-bond donors (Lipinski definition) is 2. The smallest absolute Gasteiger partial charge is 0.432 e. The highest BCUT2D eigenvalue weighted by Gasteiger charge is 2.50. The number of halogens is 1. The van der Waals surface area contributed by atoms with Crippen LogP contribution in [0.3, 0.4) is 0 Å². The van der Waals surface area contributed by atoms with Gasteiger partial charge in [-0.3, -0.25) is 9.09 Å². The number of nitrogens with zero attached hydrogens (tertiary/aromatic N) is 2. The number of carbonyl (C=O) groups is 2. The van der Waals surface area contributed by atoms with Crippen LogP contribution in [0, 0.1) is 0 Å². The van der Waals surface area contributed by atoms with E-state index in [4.69, 9.17) is 45.1 Å². The quantitative estimate of drug-likeness (QED) is 0.147. The van der Waals surface area contributed by atoms with Crippen molar-refractivity contribution < 1.29 is 56.5 Å². The van der Waals surface area contributed by atoms with Gasteiger partial charge in [0.05, 0.1) is 30.8 Å². The first-order chi connectivity index (χ1) is 17.8. The zero-order chi connectivity index (χ0) is 28.5. The molecular weight excluding hydrogens is 557 g/mol. The van der Waals surface area contributed by atoms with Crippen molar-refractivity contribution in [2.75, 3.05) is 31.8 Å².